The van der Waals surface area contributed by atoms with Gasteiger partial charge in [-0.2, -0.15) is 0 Å². The highest BCUT2D eigenvalue weighted by molar-refractivity contribution is 6.20. The van der Waals surface area contributed by atoms with Gasteiger partial charge >= 0.3 is 0 Å². The summed E-state index contributed by atoms with van der Waals surface area (Å²) in [6.07, 6.45) is 0. The maximum absolute atomic E-state index is 13.1. The fourth-order valence-corrected chi connectivity index (χ4v) is 1.15. The summed E-state index contributed by atoms with van der Waals surface area (Å²) in [6, 6.07) is 4.39. The van der Waals surface area contributed by atoms with E-state index in [-0.39, 0.29) is 17.1 Å². The Bertz CT molecular complexity index is 366. The van der Waals surface area contributed by atoms with E-state index >= 15 is 0 Å². The lowest BCUT2D eigenvalue weighted by molar-refractivity contribution is 0.0953. The predicted molar refractivity (Wildman–Crippen MR) is 58.8 cm³/mol. The van der Waals surface area contributed by atoms with Crippen LogP contribution in [0, 0.1) is 12.7 Å². The molecule has 1 aromatic carbocycles. The van der Waals surface area contributed by atoms with Crippen LogP contribution >= 0.6 is 11.6 Å². The number of aryl methyl sites for hydroxylation is 1. The van der Waals surface area contributed by atoms with Crippen molar-refractivity contribution >= 4 is 17.5 Å². The first-order valence-corrected chi connectivity index (χ1v) is 5.12. The summed E-state index contributed by atoms with van der Waals surface area (Å²) in [5.74, 6) is -0.678. The van der Waals surface area contributed by atoms with E-state index in [0.29, 0.717) is 17.7 Å². The van der Waals surface area contributed by atoms with Crippen LogP contribution in [-0.2, 0) is 0 Å². The normalized spacial score (nSPS) is 12.3. The van der Waals surface area contributed by atoms with Gasteiger partial charge < -0.3 is 5.32 Å². The predicted octanol–water partition coefficient (Wildman–Crippen LogP) is 2.49. The number of nitrogens with one attached hydrogen (secondary N) is 1. The fourth-order valence-electron chi connectivity index (χ4n) is 1.07. The van der Waals surface area contributed by atoms with Gasteiger partial charge in [0.25, 0.3) is 5.91 Å². The molecular formula is C11H13ClFNO. The number of halogens is 2. The Morgan fingerprint density at radius 1 is 1.60 bits per heavy atom. The van der Waals surface area contributed by atoms with E-state index in [2.05, 4.69) is 5.32 Å². The van der Waals surface area contributed by atoms with Crippen molar-refractivity contribution < 1.29 is 9.18 Å². The molecule has 0 saturated heterocycles. The fraction of sp³-hybridized carbons (Fsp3) is 0.364. The van der Waals surface area contributed by atoms with Gasteiger partial charge in [0, 0.05) is 17.5 Å². The third-order valence-electron chi connectivity index (χ3n) is 1.98. The maximum atomic E-state index is 13.1. The van der Waals surface area contributed by atoms with E-state index < -0.39 is 0 Å². The zero-order chi connectivity index (χ0) is 11.4. The smallest absolute Gasteiger partial charge is 0.251 e. The molecule has 1 amide bonds. The average molecular weight is 230 g/mol. The van der Waals surface area contributed by atoms with E-state index in [1.165, 1.54) is 6.07 Å². The highest BCUT2D eigenvalue weighted by Crippen LogP contribution is 2.09. The van der Waals surface area contributed by atoms with Crippen LogP contribution in [0.25, 0.3) is 0 Å². The third kappa shape index (κ3) is 3.51. The Morgan fingerprint density at radius 2 is 2.27 bits per heavy atom. The van der Waals surface area contributed by atoms with Crippen molar-refractivity contribution in [3.8, 4) is 0 Å². The van der Waals surface area contributed by atoms with Gasteiger partial charge in [0.05, 0.1) is 0 Å². The molecular weight excluding hydrogens is 217 g/mol. The minimum absolute atomic E-state index is 0.135. The van der Waals surface area contributed by atoms with Crippen molar-refractivity contribution in [2.24, 2.45) is 0 Å². The summed E-state index contributed by atoms with van der Waals surface area (Å²) in [5.41, 5.74) is 0.840. The molecule has 1 N–H and O–H groups in total. The molecule has 0 bridgehead atoms. The Labute approximate surface area is 93.4 Å². The summed E-state index contributed by atoms with van der Waals surface area (Å²) < 4.78 is 13.1. The number of hydrogen-bond donors (Lipinski definition) is 1. The van der Waals surface area contributed by atoms with E-state index in [9.17, 15) is 9.18 Å². The van der Waals surface area contributed by atoms with Gasteiger partial charge in [-0.25, -0.2) is 4.39 Å². The van der Waals surface area contributed by atoms with Gasteiger partial charge in [0.1, 0.15) is 5.82 Å². The van der Waals surface area contributed by atoms with Crippen molar-refractivity contribution in [3.63, 3.8) is 0 Å². The molecule has 15 heavy (non-hydrogen) atoms. The zero-order valence-corrected chi connectivity index (χ0v) is 9.44. The van der Waals surface area contributed by atoms with Gasteiger partial charge in [-0.05, 0) is 31.5 Å². The van der Waals surface area contributed by atoms with Gasteiger partial charge in [-0.15, -0.1) is 11.6 Å². The van der Waals surface area contributed by atoms with Crippen molar-refractivity contribution in [3.05, 3.63) is 35.1 Å². The minimum atomic E-state index is -0.374. The minimum Gasteiger partial charge on any atom is -0.351 e. The lowest BCUT2D eigenvalue weighted by Gasteiger charge is -2.06. The second kappa shape index (κ2) is 5.12. The van der Waals surface area contributed by atoms with Crippen LogP contribution in [-0.4, -0.2) is 17.8 Å². The lowest BCUT2D eigenvalue weighted by Crippen LogP contribution is -2.28. The molecule has 0 aliphatic heterocycles. The maximum Gasteiger partial charge on any atom is 0.251 e. The van der Waals surface area contributed by atoms with Crippen LogP contribution in [0.1, 0.15) is 22.8 Å². The molecule has 4 heteroatoms. The molecule has 0 heterocycles. The van der Waals surface area contributed by atoms with Crippen LogP contribution in [0.2, 0.25) is 0 Å². The summed E-state index contributed by atoms with van der Waals surface area (Å²) in [5, 5.41) is 2.47. The Hall–Kier alpha value is -1.09. The largest absolute Gasteiger partial charge is 0.351 e. The zero-order valence-electron chi connectivity index (χ0n) is 8.68. The van der Waals surface area contributed by atoms with Crippen LogP contribution in [0.4, 0.5) is 4.39 Å². The SMILES string of the molecule is Cc1ccc(C(=O)NCC(C)Cl)cc1F. The molecule has 0 saturated carbocycles. The van der Waals surface area contributed by atoms with Crippen LogP contribution in [0.5, 0.6) is 0 Å². The highest BCUT2D eigenvalue weighted by Gasteiger charge is 2.08. The number of alkyl halides is 1. The van der Waals surface area contributed by atoms with Crippen molar-refractivity contribution in [1.82, 2.24) is 5.32 Å². The number of rotatable bonds is 3. The quantitative estimate of drug-likeness (QED) is 0.793. The number of benzene rings is 1. The van der Waals surface area contributed by atoms with E-state index in [0.717, 1.165) is 0 Å². The molecule has 0 radical (unpaired) electrons. The third-order valence-corrected chi connectivity index (χ3v) is 2.13. The van der Waals surface area contributed by atoms with Gasteiger partial charge in [0.2, 0.25) is 0 Å². The molecule has 1 atom stereocenters. The molecule has 0 aromatic heterocycles. The number of amides is 1. The number of carbonyl (C=O) groups is 1. The summed E-state index contributed by atoms with van der Waals surface area (Å²) in [4.78, 5) is 11.5. The summed E-state index contributed by atoms with van der Waals surface area (Å²) in [6.45, 7) is 3.80. The number of carbonyl (C=O) groups excluding carboxylic acids is 1. The molecule has 2 nitrogen and oxygen atoms in total. The molecule has 82 valence electrons. The van der Waals surface area contributed by atoms with E-state index in [4.69, 9.17) is 11.6 Å². The molecule has 1 unspecified atom stereocenters. The van der Waals surface area contributed by atoms with E-state index in [1.54, 1.807) is 26.0 Å². The molecule has 1 rings (SSSR count). The first-order chi connectivity index (χ1) is 7.00. The van der Waals surface area contributed by atoms with Crippen LogP contribution in [0.3, 0.4) is 0 Å². The number of hydrogen-bond acceptors (Lipinski definition) is 1. The second-order valence-electron chi connectivity index (χ2n) is 3.45. The Balaban J connectivity index is 2.70. The summed E-state index contributed by atoms with van der Waals surface area (Å²) >= 11 is 5.68. The first kappa shape index (κ1) is 12.0. The van der Waals surface area contributed by atoms with Crippen LogP contribution < -0.4 is 5.32 Å². The topological polar surface area (TPSA) is 29.1 Å². The Morgan fingerprint density at radius 3 is 2.80 bits per heavy atom. The van der Waals surface area contributed by atoms with Crippen LogP contribution in [0.15, 0.2) is 18.2 Å². The lowest BCUT2D eigenvalue weighted by atomic mass is 10.1. The van der Waals surface area contributed by atoms with Gasteiger partial charge in [-0.3, -0.25) is 4.79 Å². The molecule has 0 aliphatic carbocycles. The standard InChI is InChI=1S/C11H13ClFNO/c1-7-3-4-9(5-10(7)13)11(15)14-6-8(2)12/h3-5,8H,6H2,1-2H3,(H,14,15). The monoisotopic (exact) mass is 229 g/mol. The second-order valence-corrected chi connectivity index (χ2v) is 4.20. The van der Waals surface area contributed by atoms with E-state index in [1.807, 2.05) is 0 Å². The van der Waals surface area contributed by atoms with Gasteiger partial charge in [0.15, 0.2) is 0 Å². The average Bonchev–Trinajstić information content (AvgIpc) is 2.18. The van der Waals surface area contributed by atoms with Crippen molar-refractivity contribution in [2.75, 3.05) is 6.54 Å². The molecule has 1 aromatic rings. The summed E-state index contributed by atoms with van der Waals surface area (Å²) in [7, 11) is 0. The van der Waals surface area contributed by atoms with Crippen molar-refractivity contribution in [2.45, 2.75) is 19.2 Å². The first-order valence-electron chi connectivity index (χ1n) is 4.69. The molecule has 0 fully saturated rings. The Kier molecular flexibility index (Phi) is 4.09. The molecule has 0 aliphatic rings. The van der Waals surface area contributed by atoms with Gasteiger partial charge in [-0.1, -0.05) is 6.07 Å². The molecule has 0 spiro atoms. The highest BCUT2D eigenvalue weighted by atomic mass is 35.5. The van der Waals surface area contributed by atoms with Crippen molar-refractivity contribution in [1.29, 1.82) is 0 Å².